The van der Waals surface area contributed by atoms with Crippen molar-refractivity contribution in [3.8, 4) is 15.6 Å². The van der Waals surface area contributed by atoms with E-state index in [9.17, 15) is 4.39 Å². The van der Waals surface area contributed by atoms with Crippen LogP contribution in [0.15, 0.2) is 22.7 Å². The third-order valence-electron chi connectivity index (χ3n) is 2.10. The maximum Gasteiger partial charge on any atom is 0.197 e. The van der Waals surface area contributed by atoms with Crippen LogP contribution in [-0.2, 0) is 0 Å². The van der Waals surface area contributed by atoms with Crippen molar-refractivity contribution in [1.82, 2.24) is 4.98 Å². The largest absolute Gasteiger partial charge is 0.486 e. The van der Waals surface area contributed by atoms with E-state index in [1.165, 1.54) is 17.4 Å². The smallest absolute Gasteiger partial charge is 0.197 e. The molecule has 0 bridgehead atoms. The SMILES string of the molecule is COc1sc(-c2cc(Br)ccc2F)nc1C. The maximum atomic E-state index is 13.6. The highest BCUT2D eigenvalue weighted by molar-refractivity contribution is 9.10. The van der Waals surface area contributed by atoms with Crippen LogP contribution in [0.1, 0.15) is 5.69 Å². The Morgan fingerprint density at radius 1 is 1.44 bits per heavy atom. The summed E-state index contributed by atoms with van der Waals surface area (Å²) in [6.07, 6.45) is 0. The molecule has 1 aromatic heterocycles. The summed E-state index contributed by atoms with van der Waals surface area (Å²) in [4.78, 5) is 4.29. The fourth-order valence-corrected chi connectivity index (χ4v) is 2.61. The number of rotatable bonds is 2. The molecule has 0 spiro atoms. The van der Waals surface area contributed by atoms with Crippen LogP contribution in [0.25, 0.3) is 10.6 Å². The Labute approximate surface area is 105 Å². The second-order valence-electron chi connectivity index (χ2n) is 3.22. The summed E-state index contributed by atoms with van der Waals surface area (Å²) in [5.41, 5.74) is 1.27. The van der Waals surface area contributed by atoms with Gasteiger partial charge in [0.25, 0.3) is 0 Å². The van der Waals surface area contributed by atoms with Gasteiger partial charge in [-0.15, -0.1) is 0 Å². The molecular formula is C11H9BrFNOS. The van der Waals surface area contributed by atoms with Gasteiger partial charge in [-0.1, -0.05) is 27.3 Å². The highest BCUT2D eigenvalue weighted by Gasteiger charge is 2.13. The number of nitrogens with zero attached hydrogens (tertiary/aromatic N) is 1. The molecule has 0 fully saturated rings. The molecule has 0 saturated carbocycles. The molecule has 84 valence electrons. The van der Waals surface area contributed by atoms with Gasteiger partial charge >= 0.3 is 0 Å². The van der Waals surface area contributed by atoms with Gasteiger partial charge in [-0.3, -0.25) is 0 Å². The van der Waals surface area contributed by atoms with E-state index in [2.05, 4.69) is 20.9 Å². The van der Waals surface area contributed by atoms with Crippen LogP contribution in [0.5, 0.6) is 5.06 Å². The summed E-state index contributed by atoms with van der Waals surface area (Å²) < 4.78 is 19.6. The van der Waals surface area contributed by atoms with Crippen LogP contribution in [0.4, 0.5) is 4.39 Å². The van der Waals surface area contributed by atoms with Gasteiger partial charge in [-0.05, 0) is 25.1 Å². The predicted molar refractivity (Wildman–Crippen MR) is 66.5 cm³/mol. The number of methoxy groups -OCH3 is 1. The zero-order valence-electron chi connectivity index (χ0n) is 8.75. The molecule has 2 aromatic rings. The van der Waals surface area contributed by atoms with Gasteiger partial charge in [0.1, 0.15) is 10.8 Å². The Morgan fingerprint density at radius 2 is 2.19 bits per heavy atom. The highest BCUT2D eigenvalue weighted by atomic mass is 79.9. The molecule has 2 nitrogen and oxygen atoms in total. The summed E-state index contributed by atoms with van der Waals surface area (Å²) in [5, 5.41) is 1.35. The Morgan fingerprint density at radius 3 is 2.81 bits per heavy atom. The minimum Gasteiger partial charge on any atom is -0.486 e. The zero-order chi connectivity index (χ0) is 11.7. The predicted octanol–water partition coefficient (Wildman–Crippen LogP) is 4.03. The molecule has 0 amide bonds. The van der Waals surface area contributed by atoms with Crippen molar-refractivity contribution in [2.75, 3.05) is 7.11 Å². The van der Waals surface area contributed by atoms with Crippen LogP contribution in [0.3, 0.4) is 0 Å². The number of aryl methyl sites for hydroxylation is 1. The average molecular weight is 302 g/mol. The van der Waals surface area contributed by atoms with E-state index >= 15 is 0 Å². The summed E-state index contributed by atoms with van der Waals surface area (Å²) in [6.45, 7) is 1.84. The van der Waals surface area contributed by atoms with E-state index in [0.717, 1.165) is 15.2 Å². The lowest BCUT2D eigenvalue weighted by Gasteiger charge is -1.99. The van der Waals surface area contributed by atoms with E-state index in [1.807, 2.05) is 6.92 Å². The van der Waals surface area contributed by atoms with Crippen LogP contribution in [-0.4, -0.2) is 12.1 Å². The molecule has 2 rings (SSSR count). The number of benzene rings is 1. The monoisotopic (exact) mass is 301 g/mol. The summed E-state index contributed by atoms with van der Waals surface area (Å²) in [7, 11) is 1.58. The number of aromatic nitrogens is 1. The third-order valence-corrected chi connectivity index (χ3v) is 3.74. The first-order valence-corrected chi connectivity index (χ1v) is 6.19. The van der Waals surface area contributed by atoms with Gasteiger partial charge in [0.2, 0.25) is 0 Å². The van der Waals surface area contributed by atoms with E-state index in [4.69, 9.17) is 4.74 Å². The highest BCUT2D eigenvalue weighted by Crippen LogP contribution is 2.35. The van der Waals surface area contributed by atoms with Gasteiger partial charge in [-0.2, -0.15) is 0 Å². The van der Waals surface area contributed by atoms with Crippen molar-refractivity contribution in [2.45, 2.75) is 6.92 Å². The minimum absolute atomic E-state index is 0.278. The van der Waals surface area contributed by atoms with Gasteiger partial charge in [0.15, 0.2) is 5.06 Å². The lowest BCUT2D eigenvalue weighted by atomic mass is 10.2. The van der Waals surface area contributed by atoms with Gasteiger partial charge in [0, 0.05) is 10.0 Å². The number of hydrogen-bond donors (Lipinski definition) is 0. The molecule has 16 heavy (non-hydrogen) atoms. The molecule has 0 radical (unpaired) electrons. The first-order chi connectivity index (χ1) is 7.61. The van der Waals surface area contributed by atoms with Crippen molar-refractivity contribution >= 4 is 27.3 Å². The fourth-order valence-electron chi connectivity index (χ4n) is 1.35. The molecule has 1 aromatic carbocycles. The van der Waals surface area contributed by atoms with Crippen LogP contribution in [0, 0.1) is 12.7 Å². The molecule has 0 aliphatic heterocycles. The van der Waals surface area contributed by atoms with E-state index in [1.54, 1.807) is 19.2 Å². The van der Waals surface area contributed by atoms with Crippen molar-refractivity contribution in [3.05, 3.63) is 34.2 Å². The Hall–Kier alpha value is -0.940. The Balaban J connectivity index is 2.53. The number of halogens is 2. The van der Waals surface area contributed by atoms with Crippen molar-refractivity contribution in [2.24, 2.45) is 0 Å². The van der Waals surface area contributed by atoms with Crippen LogP contribution in [0.2, 0.25) is 0 Å². The molecule has 0 aliphatic carbocycles. The second-order valence-corrected chi connectivity index (χ2v) is 5.10. The number of ether oxygens (including phenoxy) is 1. The van der Waals surface area contributed by atoms with Crippen LogP contribution < -0.4 is 4.74 Å². The quantitative estimate of drug-likeness (QED) is 0.835. The Bertz CT molecular complexity index is 527. The minimum atomic E-state index is -0.278. The molecule has 1 heterocycles. The van der Waals surface area contributed by atoms with Crippen molar-refractivity contribution in [1.29, 1.82) is 0 Å². The van der Waals surface area contributed by atoms with Crippen LogP contribution >= 0.6 is 27.3 Å². The summed E-state index contributed by atoms with van der Waals surface area (Å²) >= 11 is 4.66. The molecule has 5 heteroatoms. The first kappa shape index (κ1) is 11.5. The molecule has 0 unspecified atom stereocenters. The molecule has 0 atom stereocenters. The second kappa shape index (κ2) is 4.51. The van der Waals surface area contributed by atoms with Gasteiger partial charge in [-0.25, -0.2) is 9.37 Å². The van der Waals surface area contributed by atoms with E-state index in [-0.39, 0.29) is 5.82 Å². The lowest BCUT2D eigenvalue weighted by molar-refractivity contribution is 0.423. The number of thiazole rings is 1. The topological polar surface area (TPSA) is 22.1 Å². The molecular weight excluding hydrogens is 293 g/mol. The molecule has 0 N–H and O–H groups in total. The van der Waals surface area contributed by atoms with Gasteiger partial charge < -0.3 is 4.74 Å². The number of hydrogen-bond acceptors (Lipinski definition) is 3. The van der Waals surface area contributed by atoms with E-state index in [0.29, 0.717) is 10.6 Å². The summed E-state index contributed by atoms with van der Waals surface area (Å²) in [6, 6.07) is 4.80. The van der Waals surface area contributed by atoms with Gasteiger partial charge in [0.05, 0.1) is 12.8 Å². The fraction of sp³-hybridized carbons (Fsp3) is 0.182. The molecule has 0 aliphatic rings. The summed E-state index contributed by atoms with van der Waals surface area (Å²) in [5.74, 6) is -0.278. The standard InChI is InChI=1S/C11H9BrFNOS/c1-6-11(15-2)16-10(14-6)8-5-7(12)3-4-9(8)13/h3-5H,1-2H3. The maximum absolute atomic E-state index is 13.6. The molecule has 0 saturated heterocycles. The zero-order valence-corrected chi connectivity index (χ0v) is 11.2. The van der Waals surface area contributed by atoms with Crippen molar-refractivity contribution in [3.63, 3.8) is 0 Å². The lowest BCUT2D eigenvalue weighted by Crippen LogP contribution is -1.84. The normalized spacial score (nSPS) is 10.5. The third kappa shape index (κ3) is 2.10. The first-order valence-electron chi connectivity index (χ1n) is 4.58. The van der Waals surface area contributed by atoms with Crippen molar-refractivity contribution < 1.29 is 9.13 Å². The Kier molecular flexibility index (Phi) is 3.25. The average Bonchev–Trinajstić information content (AvgIpc) is 2.63. The van der Waals surface area contributed by atoms with E-state index < -0.39 is 0 Å².